The van der Waals surface area contributed by atoms with Gasteiger partial charge in [0.05, 0.1) is 5.92 Å². The van der Waals surface area contributed by atoms with Crippen molar-refractivity contribution >= 4 is 16.5 Å². The number of fused-ring (bicyclic) bond motifs is 4. The van der Waals surface area contributed by atoms with Gasteiger partial charge in [-0.05, 0) is 92.3 Å². The van der Waals surface area contributed by atoms with Crippen molar-refractivity contribution in [3.63, 3.8) is 0 Å². The van der Waals surface area contributed by atoms with Gasteiger partial charge in [0.15, 0.2) is 18.4 Å². The van der Waals surface area contributed by atoms with Crippen molar-refractivity contribution in [1.29, 1.82) is 0 Å². The Morgan fingerprint density at radius 3 is 2.59 bits per heavy atom. The lowest BCUT2D eigenvalue weighted by atomic mass is 9.82. The van der Waals surface area contributed by atoms with E-state index in [0.29, 0.717) is 11.8 Å². The molecule has 5 rings (SSSR count). The largest absolute Gasteiger partial charge is 0.368 e. The molecule has 3 heterocycles. The fraction of sp³-hybridized carbons (Fsp3) is 0.357. The predicted octanol–water partition coefficient (Wildman–Crippen LogP) is 10.7. The van der Waals surface area contributed by atoms with Gasteiger partial charge in [0.2, 0.25) is 0 Å². The van der Waals surface area contributed by atoms with Crippen LogP contribution in [-0.2, 0) is 6.54 Å². The quantitative estimate of drug-likeness (QED) is 0.189. The number of rotatable bonds is 8. The summed E-state index contributed by atoms with van der Waals surface area (Å²) < 4.78 is 2.48. The van der Waals surface area contributed by atoms with Crippen molar-refractivity contribution in [2.75, 3.05) is 18.0 Å². The molecule has 228 valence electrons. The van der Waals surface area contributed by atoms with Crippen LogP contribution in [0.5, 0.6) is 0 Å². The zero-order chi connectivity index (χ0) is 31.1. The maximum atomic E-state index is 2.48. The minimum absolute atomic E-state index is 0.363. The third-order valence-corrected chi connectivity index (χ3v) is 9.91. The molecule has 2 heteroatoms. The van der Waals surface area contributed by atoms with Crippen LogP contribution in [0.1, 0.15) is 90.3 Å². The number of aryl methyl sites for hydroxylation is 1. The number of pyridine rings is 1. The lowest BCUT2D eigenvalue weighted by molar-refractivity contribution is -0.706. The summed E-state index contributed by atoms with van der Waals surface area (Å²) in [6.07, 6.45) is 22.7. The van der Waals surface area contributed by atoms with Gasteiger partial charge in [-0.15, -0.1) is 0 Å². The van der Waals surface area contributed by atoms with Gasteiger partial charge in [-0.3, -0.25) is 0 Å². The number of para-hydroxylation sites is 1. The number of hydrogen-bond acceptors (Lipinski definition) is 1. The van der Waals surface area contributed by atoms with Crippen LogP contribution in [0.3, 0.4) is 0 Å². The molecule has 0 spiro atoms. The summed E-state index contributed by atoms with van der Waals surface area (Å²) in [5.41, 5.74) is 11.7. The van der Waals surface area contributed by atoms with Gasteiger partial charge in [0, 0.05) is 42.6 Å². The van der Waals surface area contributed by atoms with Crippen molar-refractivity contribution in [2.45, 2.75) is 85.6 Å². The van der Waals surface area contributed by atoms with Gasteiger partial charge >= 0.3 is 0 Å². The first-order valence-corrected chi connectivity index (χ1v) is 16.8. The third-order valence-electron chi connectivity index (χ3n) is 9.91. The van der Waals surface area contributed by atoms with E-state index in [0.717, 1.165) is 45.3 Å². The van der Waals surface area contributed by atoms with E-state index in [4.69, 9.17) is 0 Å². The molecule has 0 saturated heterocycles. The summed E-state index contributed by atoms with van der Waals surface area (Å²) in [6.45, 7) is 17.0. The van der Waals surface area contributed by atoms with E-state index in [1.54, 1.807) is 11.1 Å². The highest BCUT2D eigenvalue weighted by Crippen LogP contribution is 2.37. The maximum absolute atomic E-state index is 2.48. The van der Waals surface area contributed by atoms with Crippen LogP contribution in [0, 0.1) is 0 Å². The second-order valence-corrected chi connectivity index (χ2v) is 12.5. The van der Waals surface area contributed by atoms with Gasteiger partial charge in [0.25, 0.3) is 0 Å². The molecule has 0 N–H and O–H groups in total. The molecule has 1 aromatic heterocycles. The second kappa shape index (κ2) is 14.7. The Morgan fingerprint density at radius 1 is 0.977 bits per heavy atom. The van der Waals surface area contributed by atoms with Crippen molar-refractivity contribution in [2.24, 2.45) is 0 Å². The Morgan fingerprint density at radius 2 is 1.77 bits per heavy atom. The van der Waals surface area contributed by atoms with Gasteiger partial charge in [0.1, 0.15) is 0 Å². The van der Waals surface area contributed by atoms with Crippen LogP contribution in [0.15, 0.2) is 131 Å². The summed E-state index contributed by atoms with van der Waals surface area (Å²) >= 11 is 0. The summed E-state index contributed by atoms with van der Waals surface area (Å²) in [5.74, 6) is 0.789. The molecule has 0 bridgehead atoms. The molecule has 0 fully saturated rings. The van der Waals surface area contributed by atoms with Gasteiger partial charge in [-0.1, -0.05) is 98.4 Å². The van der Waals surface area contributed by atoms with E-state index in [1.165, 1.54) is 44.4 Å². The zero-order valence-electron chi connectivity index (χ0n) is 27.8. The van der Waals surface area contributed by atoms with Crippen LogP contribution < -0.4 is 9.47 Å². The monoisotopic (exact) mass is 583 g/mol. The lowest BCUT2D eigenvalue weighted by Crippen LogP contribution is -2.43. The van der Waals surface area contributed by atoms with Crippen LogP contribution in [0.2, 0.25) is 0 Å². The number of nitrogens with zero attached hydrogens (tertiary/aromatic N) is 2. The molecule has 44 heavy (non-hydrogen) atoms. The summed E-state index contributed by atoms with van der Waals surface area (Å²) in [7, 11) is 0. The van der Waals surface area contributed by atoms with Crippen molar-refractivity contribution in [3.8, 4) is 0 Å². The first kappa shape index (κ1) is 31.5. The Kier molecular flexibility index (Phi) is 10.5. The fourth-order valence-corrected chi connectivity index (χ4v) is 7.25. The maximum Gasteiger partial charge on any atom is 0.196 e. The molecule has 2 atom stereocenters. The molecule has 2 nitrogen and oxygen atoms in total. The van der Waals surface area contributed by atoms with Gasteiger partial charge in [-0.2, -0.15) is 0 Å². The smallest absolute Gasteiger partial charge is 0.196 e. The van der Waals surface area contributed by atoms with Crippen LogP contribution in [0.25, 0.3) is 10.8 Å². The molecule has 2 aliphatic heterocycles. The van der Waals surface area contributed by atoms with Crippen molar-refractivity contribution in [1.82, 2.24) is 0 Å². The molecule has 0 amide bonds. The number of hydrogen-bond donors (Lipinski definition) is 0. The van der Waals surface area contributed by atoms with Crippen molar-refractivity contribution < 1.29 is 4.57 Å². The molecular formula is C42H51N2+. The summed E-state index contributed by atoms with van der Waals surface area (Å²) in [4.78, 5) is 2.45. The Hall–Kier alpha value is -3.91. The molecule has 0 saturated carbocycles. The van der Waals surface area contributed by atoms with Gasteiger partial charge in [-0.25, -0.2) is 4.57 Å². The van der Waals surface area contributed by atoms with Crippen molar-refractivity contribution in [3.05, 3.63) is 142 Å². The zero-order valence-corrected chi connectivity index (χ0v) is 27.8. The number of allylic oxidation sites excluding steroid dienone is 11. The average Bonchev–Trinajstić information content (AvgIpc) is 3.11. The Balaban J connectivity index is 1.27. The standard InChI is InChI=1S/C42H51N2/c1-7-36(32(4)33(5)39-26-29-44-28-25-37-21-13-14-23-40(37)42(44)34(39)6)20-12-10-9-11-18-35-19-17-27-43(8-2)41-24-16-15-22-38(41)31(3)30-35/h9-11,13-19,21-25,28,30-31,34H,7-8,12,20,26-27,29H2,1-6H3/q+1/b10-9+,18-11+,19-17-,35-30?,36-32-,39-33-. The van der Waals surface area contributed by atoms with E-state index >= 15 is 0 Å². The number of aromatic nitrogens is 1. The predicted molar refractivity (Wildman–Crippen MR) is 190 cm³/mol. The molecule has 2 aromatic carbocycles. The van der Waals surface area contributed by atoms with Gasteiger partial charge < -0.3 is 4.90 Å². The van der Waals surface area contributed by atoms with E-state index in [9.17, 15) is 0 Å². The number of likely N-dealkylation sites (N-methyl/N-ethyl adjacent to an activating group) is 1. The molecule has 0 radical (unpaired) electrons. The highest BCUT2D eigenvalue weighted by Gasteiger charge is 2.31. The highest BCUT2D eigenvalue weighted by atomic mass is 15.1. The van der Waals surface area contributed by atoms with Crippen LogP contribution in [-0.4, -0.2) is 13.1 Å². The van der Waals surface area contributed by atoms with E-state index in [2.05, 4.69) is 154 Å². The third kappa shape index (κ3) is 6.91. The number of benzene rings is 2. The number of anilines is 1. The van der Waals surface area contributed by atoms with Crippen LogP contribution in [0.4, 0.5) is 5.69 Å². The molecule has 2 unspecified atom stereocenters. The minimum atomic E-state index is 0.363. The van der Waals surface area contributed by atoms with E-state index < -0.39 is 0 Å². The second-order valence-electron chi connectivity index (χ2n) is 12.5. The summed E-state index contributed by atoms with van der Waals surface area (Å²) in [6, 6.07) is 20.0. The Bertz CT molecular complexity index is 1660. The van der Waals surface area contributed by atoms with E-state index in [-0.39, 0.29) is 0 Å². The fourth-order valence-electron chi connectivity index (χ4n) is 7.25. The average molecular weight is 584 g/mol. The molecule has 2 aliphatic rings. The first-order chi connectivity index (χ1) is 21.4. The highest BCUT2D eigenvalue weighted by molar-refractivity contribution is 5.84. The first-order valence-electron chi connectivity index (χ1n) is 16.8. The van der Waals surface area contributed by atoms with E-state index in [1.807, 2.05) is 0 Å². The molecular weight excluding hydrogens is 532 g/mol. The molecule has 0 aliphatic carbocycles. The summed E-state index contributed by atoms with van der Waals surface area (Å²) in [5, 5.41) is 2.73. The van der Waals surface area contributed by atoms with Crippen LogP contribution >= 0.6 is 0 Å². The topological polar surface area (TPSA) is 7.12 Å². The SMILES string of the molecule is CC/C(CC/C=C/C=C/C1=CC(C)c2ccccc2N(CC)C/C=C\1)=C(C)/C(C)=C1/CC[n+]2ccc3ccccc3c2C1C. The normalized spacial score (nSPS) is 21.3. The Labute approximate surface area is 266 Å². The lowest BCUT2D eigenvalue weighted by Gasteiger charge is -2.25. The molecule has 3 aromatic rings. The minimum Gasteiger partial charge on any atom is -0.368 e.